The van der Waals surface area contributed by atoms with Crippen molar-refractivity contribution < 1.29 is 4.55 Å². The normalized spacial score (nSPS) is 26.0. The van der Waals surface area contributed by atoms with E-state index >= 15 is 0 Å². The van der Waals surface area contributed by atoms with Crippen molar-refractivity contribution in [3.8, 4) is 11.1 Å². The third-order valence-corrected chi connectivity index (χ3v) is 8.57. The largest absolute Gasteiger partial charge is 0.598 e. The number of rotatable bonds is 7. The third kappa shape index (κ3) is 4.49. The highest BCUT2D eigenvalue weighted by Gasteiger charge is 2.53. The second-order valence-corrected chi connectivity index (χ2v) is 12.2. The number of aromatic nitrogens is 2. The Morgan fingerprint density at radius 2 is 2.06 bits per heavy atom. The summed E-state index contributed by atoms with van der Waals surface area (Å²) in [6.45, 7) is 12.1. The summed E-state index contributed by atoms with van der Waals surface area (Å²) in [5, 5.41) is 4.34. The summed E-state index contributed by atoms with van der Waals surface area (Å²) in [7, 11) is 1.94. The Kier molecular flexibility index (Phi) is 6.37. The fraction of sp³-hybridized carbons (Fsp3) is 0.560. The van der Waals surface area contributed by atoms with Gasteiger partial charge in [0, 0.05) is 48.8 Å². The van der Waals surface area contributed by atoms with E-state index in [1.807, 2.05) is 51.0 Å². The zero-order chi connectivity index (χ0) is 22.2. The molecule has 31 heavy (non-hydrogen) atoms. The van der Waals surface area contributed by atoms with Gasteiger partial charge in [-0.1, -0.05) is 24.3 Å². The lowest BCUT2D eigenvalue weighted by Crippen LogP contribution is -2.64. The van der Waals surface area contributed by atoms with Crippen LogP contribution in [0.25, 0.3) is 11.1 Å². The summed E-state index contributed by atoms with van der Waals surface area (Å²) in [6, 6.07) is 8.70. The van der Waals surface area contributed by atoms with Gasteiger partial charge in [-0.25, -0.2) is 0 Å². The lowest BCUT2D eigenvalue weighted by Gasteiger charge is -2.58. The van der Waals surface area contributed by atoms with E-state index in [2.05, 4.69) is 45.6 Å². The first-order chi connectivity index (χ1) is 14.7. The van der Waals surface area contributed by atoms with E-state index in [1.54, 1.807) is 0 Å². The molecule has 2 aliphatic heterocycles. The zero-order valence-corrected chi connectivity index (χ0v) is 20.1. The van der Waals surface area contributed by atoms with E-state index in [0.29, 0.717) is 0 Å². The smallest absolute Gasteiger partial charge is 0.136 e. The Hall–Kier alpha value is -1.60. The van der Waals surface area contributed by atoms with Crippen LogP contribution in [0.5, 0.6) is 0 Å². The first-order valence-electron chi connectivity index (χ1n) is 11.4. The summed E-state index contributed by atoms with van der Waals surface area (Å²) in [6.07, 6.45) is 10.7. The lowest BCUT2D eigenvalue weighted by molar-refractivity contribution is -0.0475. The van der Waals surface area contributed by atoms with Crippen LogP contribution < -0.4 is 4.72 Å². The fourth-order valence-corrected chi connectivity index (χ4v) is 6.22. The van der Waals surface area contributed by atoms with Gasteiger partial charge < -0.3 is 4.55 Å². The molecule has 1 saturated carbocycles. The van der Waals surface area contributed by atoms with Crippen molar-refractivity contribution in [2.24, 2.45) is 13.0 Å². The number of benzene rings is 1. The van der Waals surface area contributed by atoms with Gasteiger partial charge >= 0.3 is 0 Å². The summed E-state index contributed by atoms with van der Waals surface area (Å²) in [4.78, 5) is 2.60. The number of nitrogens with one attached hydrogen (secondary N) is 1. The molecule has 2 saturated heterocycles. The van der Waals surface area contributed by atoms with Crippen LogP contribution in [0.2, 0.25) is 0 Å². The maximum absolute atomic E-state index is 13.3. The quantitative estimate of drug-likeness (QED) is 0.505. The minimum absolute atomic E-state index is 0.00891. The number of hydrogen-bond donors (Lipinski definition) is 1. The molecule has 5 rings (SSSR count). The topological polar surface area (TPSA) is 56.1 Å². The van der Waals surface area contributed by atoms with Crippen LogP contribution in [0.4, 0.5) is 0 Å². The standard InChI is InChI=1S/C25H36N4OS/c1-6-14-29-17-19-10-12-25(29,13-11-19)23(27-31(30)24(2,3)4)21-9-7-8-20(15-21)22-16-26-28(5)18-22/h6-9,15-16,18-19,23,27H,1,10-14,17H2,2-5H3/t19?,23-,25?,31-/m0/s1. The van der Waals surface area contributed by atoms with Gasteiger partial charge in [-0.2, -0.15) is 5.10 Å². The van der Waals surface area contributed by atoms with E-state index < -0.39 is 11.4 Å². The van der Waals surface area contributed by atoms with Gasteiger partial charge in [0.2, 0.25) is 0 Å². The van der Waals surface area contributed by atoms with Gasteiger partial charge in [0.15, 0.2) is 0 Å². The minimum atomic E-state index is -1.16. The third-order valence-electron chi connectivity index (χ3n) is 7.01. The molecule has 1 aliphatic carbocycles. The Morgan fingerprint density at radius 3 is 2.68 bits per heavy atom. The molecule has 1 aromatic heterocycles. The minimum Gasteiger partial charge on any atom is -0.598 e. The Morgan fingerprint density at radius 1 is 1.32 bits per heavy atom. The number of aryl methyl sites for hydroxylation is 1. The van der Waals surface area contributed by atoms with Crippen molar-refractivity contribution in [1.29, 1.82) is 0 Å². The van der Waals surface area contributed by atoms with E-state index in [0.717, 1.165) is 43.0 Å². The Bertz CT molecular complexity index is 910. The summed E-state index contributed by atoms with van der Waals surface area (Å²) in [5.74, 6) is 0.775. The number of piperidine rings is 2. The molecule has 3 heterocycles. The van der Waals surface area contributed by atoms with Crippen molar-refractivity contribution in [3.05, 3.63) is 54.9 Å². The molecule has 168 valence electrons. The summed E-state index contributed by atoms with van der Waals surface area (Å²) < 4.78 is 18.4. The van der Waals surface area contributed by atoms with E-state index in [-0.39, 0.29) is 16.3 Å². The molecule has 1 N–H and O–H groups in total. The SMILES string of the molecule is C=CCN1CC2CCC1([C@@H](N[S@@+]([O-])C(C)(C)C)c1cccc(-c3cnn(C)c3)c1)CC2. The molecule has 2 atom stereocenters. The summed E-state index contributed by atoms with van der Waals surface area (Å²) in [5.41, 5.74) is 3.41. The number of nitrogens with zero attached hydrogens (tertiary/aromatic N) is 3. The van der Waals surface area contributed by atoms with Crippen molar-refractivity contribution in [1.82, 2.24) is 19.4 Å². The van der Waals surface area contributed by atoms with Crippen LogP contribution in [0.15, 0.2) is 49.3 Å². The van der Waals surface area contributed by atoms with Crippen LogP contribution in [-0.4, -0.2) is 42.6 Å². The highest BCUT2D eigenvalue weighted by Crippen LogP contribution is 2.50. The number of hydrogen-bond acceptors (Lipinski definition) is 4. The van der Waals surface area contributed by atoms with Gasteiger partial charge in [-0.15, -0.1) is 11.3 Å². The molecule has 3 aliphatic rings. The van der Waals surface area contributed by atoms with E-state index in [1.165, 1.54) is 18.4 Å². The predicted molar refractivity (Wildman–Crippen MR) is 129 cm³/mol. The van der Waals surface area contributed by atoms with Gasteiger partial charge in [0.05, 0.1) is 12.2 Å². The van der Waals surface area contributed by atoms with E-state index in [4.69, 9.17) is 0 Å². The lowest BCUT2D eigenvalue weighted by atomic mass is 9.65. The maximum atomic E-state index is 13.3. The first-order valence-corrected chi connectivity index (χ1v) is 12.5. The molecule has 1 aromatic carbocycles. The second kappa shape index (κ2) is 8.74. The molecule has 0 amide bonds. The molecular weight excluding hydrogens is 404 g/mol. The highest BCUT2D eigenvalue weighted by molar-refractivity contribution is 7.90. The van der Waals surface area contributed by atoms with Crippen molar-refractivity contribution in [3.63, 3.8) is 0 Å². The molecular formula is C25H36N4OS. The molecule has 0 radical (unpaired) electrons. The predicted octanol–water partition coefficient (Wildman–Crippen LogP) is 4.61. The first kappa shape index (κ1) is 22.6. The van der Waals surface area contributed by atoms with Gasteiger partial charge in [0.25, 0.3) is 0 Å². The van der Waals surface area contributed by atoms with Crippen molar-refractivity contribution >= 4 is 11.4 Å². The Balaban J connectivity index is 1.77. The van der Waals surface area contributed by atoms with Crippen molar-refractivity contribution in [2.45, 2.75) is 62.8 Å². The second-order valence-electron chi connectivity index (χ2n) is 10.2. The van der Waals surface area contributed by atoms with Crippen molar-refractivity contribution in [2.75, 3.05) is 13.1 Å². The van der Waals surface area contributed by atoms with Gasteiger partial charge in [-0.05, 0) is 69.6 Å². The van der Waals surface area contributed by atoms with Gasteiger partial charge in [-0.3, -0.25) is 9.58 Å². The average molecular weight is 441 g/mol. The van der Waals surface area contributed by atoms with Crippen LogP contribution in [0, 0.1) is 5.92 Å². The van der Waals surface area contributed by atoms with Gasteiger partial charge in [0.1, 0.15) is 4.75 Å². The zero-order valence-electron chi connectivity index (χ0n) is 19.3. The average Bonchev–Trinajstić information content (AvgIpc) is 3.19. The summed E-state index contributed by atoms with van der Waals surface area (Å²) >= 11 is -1.16. The van der Waals surface area contributed by atoms with Crippen LogP contribution in [0.1, 0.15) is 58.1 Å². The number of fused-ring (bicyclic) bond motifs is 3. The van der Waals surface area contributed by atoms with E-state index in [9.17, 15) is 4.55 Å². The van der Waals surface area contributed by atoms with Crippen LogP contribution in [-0.2, 0) is 18.4 Å². The molecule has 0 unspecified atom stereocenters. The maximum Gasteiger partial charge on any atom is 0.136 e. The molecule has 5 nitrogen and oxygen atoms in total. The fourth-order valence-electron chi connectivity index (χ4n) is 5.29. The molecule has 2 aromatic rings. The van der Waals surface area contributed by atoms with Crippen LogP contribution >= 0.6 is 0 Å². The molecule has 2 bridgehead atoms. The molecule has 0 spiro atoms. The monoisotopic (exact) mass is 440 g/mol. The van der Waals surface area contributed by atoms with Crippen LogP contribution in [0.3, 0.4) is 0 Å². The molecule has 3 fully saturated rings. The highest BCUT2D eigenvalue weighted by atomic mass is 32.2. The molecule has 6 heteroatoms. The Labute approximate surface area is 190 Å².